The minimum Gasteiger partial charge on any atom is -0.317 e. The van der Waals surface area contributed by atoms with Crippen LogP contribution in [-0.4, -0.2) is 37.1 Å². The van der Waals surface area contributed by atoms with Crippen molar-refractivity contribution < 1.29 is 0 Å². The van der Waals surface area contributed by atoms with Crippen molar-refractivity contribution in [1.29, 1.82) is 0 Å². The highest BCUT2D eigenvalue weighted by Gasteiger charge is 2.21. The quantitative estimate of drug-likeness (QED) is 0.599. The summed E-state index contributed by atoms with van der Waals surface area (Å²) in [6.07, 6.45) is 2.71. The molecule has 0 bridgehead atoms. The Bertz CT molecular complexity index is 104. The van der Waals surface area contributed by atoms with Crippen molar-refractivity contribution in [3.05, 3.63) is 0 Å². The van der Waals surface area contributed by atoms with Crippen LogP contribution in [-0.2, 0) is 0 Å². The van der Waals surface area contributed by atoms with E-state index < -0.39 is 0 Å². The van der Waals surface area contributed by atoms with Crippen LogP contribution in [0.5, 0.6) is 0 Å². The van der Waals surface area contributed by atoms with Gasteiger partial charge < -0.3 is 10.2 Å². The lowest BCUT2D eigenvalue weighted by Gasteiger charge is -2.38. The van der Waals surface area contributed by atoms with Crippen molar-refractivity contribution in [1.82, 2.24) is 10.2 Å². The van der Waals surface area contributed by atoms with E-state index in [1.807, 2.05) is 0 Å². The van der Waals surface area contributed by atoms with Crippen LogP contribution < -0.4 is 5.32 Å². The number of hydrogen-bond donors (Lipinski definition) is 1. The lowest BCUT2D eigenvalue weighted by Crippen LogP contribution is -2.46. The Hall–Kier alpha value is -0.0800. The molecule has 1 fully saturated rings. The third-order valence-corrected chi connectivity index (χ3v) is 2.51. The van der Waals surface area contributed by atoms with Gasteiger partial charge in [0.2, 0.25) is 0 Å². The van der Waals surface area contributed by atoms with E-state index in [9.17, 15) is 0 Å². The Morgan fingerprint density at radius 2 is 2.36 bits per heavy atom. The summed E-state index contributed by atoms with van der Waals surface area (Å²) >= 11 is 0. The maximum Gasteiger partial charge on any atom is 0.00791 e. The van der Waals surface area contributed by atoms with Gasteiger partial charge in [-0.1, -0.05) is 6.92 Å². The van der Waals surface area contributed by atoms with Crippen LogP contribution in [0, 0.1) is 0 Å². The minimum atomic E-state index is 0.858. The van der Waals surface area contributed by atoms with E-state index in [4.69, 9.17) is 0 Å². The molecule has 0 aromatic rings. The van der Waals surface area contributed by atoms with Crippen LogP contribution in [0.3, 0.4) is 0 Å². The molecule has 1 N–H and O–H groups in total. The van der Waals surface area contributed by atoms with Crippen molar-refractivity contribution in [2.45, 2.75) is 32.7 Å². The molecule has 66 valence electrons. The highest BCUT2D eigenvalue weighted by molar-refractivity contribution is 4.78. The topological polar surface area (TPSA) is 15.3 Å². The molecular weight excluding hydrogens is 136 g/mol. The number of nitrogens with one attached hydrogen (secondary N) is 1. The van der Waals surface area contributed by atoms with E-state index in [2.05, 4.69) is 24.1 Å². The molecule has 0 spiro atoms. The average Bonchev–Trinajstić information content (AvgIpc) is 2.02. The molecule has 0 radical (unpaired) electrons. The highest BCUT2D eigenvalue weighted by Crippen LogP contribution is 2.15. The fraction of sp³-hybridized carbons (Fsp3) is 1.00. The lowest BCUT2D eigenvalue weighted by atomic mass is 10.1. The normalized spacial score (nSPS) is 25.1. The van der Waals surface area contributed by atoms with E-state index in [0.717, 1.165) is 12.6 Å². The first kappa shape index (κ1) is 9.01. The van der Waals surface area contributed by atoms with E-state index in [1.54, 1.807) is 0 Å². The molecule has 0 amide bonds. The van der Waals surface area contributed by atoms with Crippen molar-refractivity contribution in [3.63, 3.8) is 0 Å². The second kappa shape index (κ2) is 4.73. The van der Waals surface area contributed by atoms with Gasteiger partial charge in [0.25, 0.3) is 0 Å². The fourth-order valence-corrected chi connectivity index (χ4v) is 1.49. The summed E-state index contributed by atoms with van der Waals surface area (Å²) < 4.78 is 0. The first-order chi connectivity index (χ1) is 5.34. The third-order valence-electron chi connectivity index (χ3n) is 2.51. The standard InChI is InChI=1S/C9H20N2/c1-3-10-6-4-7-11-8-5-9(11)2/h9-10H,3-8H2,1-2H3. The van der Waals surface area contributed by atoms with Gasteiger partial charge in [0, 0.05) is 6.04 Å². The first-order valence-electron chi connectivity index (χ1n) is 4.79. The van der Waals surface area contributed by atoms with E-state index in [-0.39, 0.29) is 0 Å². The summed E-state index contributed by atoms with van der Waals surface area (Å²) in [6, 6.07) is 0.858. The zero-order valence-electron chi connectivity index (χ0n) is 7.77. The van der Waals surface area contributed by atoms with E-state index >= 15 is 0 Å². The largest absolute Gasteiger partial charge is 0.317 e. The Balaban J connectivity index is 1.87. The first-order valence-corrected chi connectivity index (χ1v) is 4.79. The van der Waals surface area contributed by atoms with Gasteiger partial charge in [0.1, 0.15) is 0 Å². The predicted octanol–water partition coefficient (Wildman–Crippen LogP) is 1.08. The number of likely N-dealkylation sites (tertiary alicyclic amines) is 1. The third kappa shape index (κ3) is 2.80. The Labute approximate surface area is 70.0 Å². The van der Waals surface area contributed by atoms with Crippen LogP contribution >= 0.6 is 0 Å². The Morgan fingerprint density at radius 3 is 2.82 bits per heavy atom. The minimum absolute atomic E-state index is 0.858. The van der Waals surface area contributed by atoms with E-state index in [0.29, 0.717) is 0 Å². The molecule has 1 unspecified atom stereocenters. The van der Waals surface area contributed by atoms with Gasteiger partial charge in [-0.2, -0.15) is 0 Å². The fourth-order valence-electron chi connectivity index (χ4n) is 1.49. The zero-order chi connectivity index (χ0) is 8.10. The maximum absolute atomic E-state index is 3.34. The summed E-state index contributed by atoms with van der Waals surface area (Å²) in [5, 5.41) is 3.34. The lowest BCUT2D eigenvalue weighted by molar-refractivity contribution is 0.103. The Morgan fingerprint density at radius 1 is 1.55 bits per heavy atom. The smallest absolute Gasteiger partial charge is 0.00791 e. The molecule has 1 atom stereocenters. The molecule has 1 saturated heterocycles. The molecule has 11 heavy (non-hydrogen) atoms. The number of hydrogen-bond acceptors (Lipinski definition) is 2. The van der Waals surface area contributed by atoms with Gasteiger partial charge in [0.15, 0.2) is 0 Å². The summed E-state index contributed by atoms with van der Waals surface area (Å²) in [5.74, 6) is 0. The molecule has 0 aromatic heterocycles. The van der Waals surface area contributed by atoms with Crippen LogP contribution in [0.2, 0.25) is 0 Å². The van der Waals surface area contributed by atoms with E-state index in [1.165, 1.54) is 32.5 Å². The molecule has 1 aliphatic heterocycles. The van der Waals surface area contributed by atoms with Gasteiger partial charge in [-0.05, 0) is 45.9 Å². The van der Waals surface area contributed by atoms with Crippen LogP contribution in [0.4, 0.5) is 0 Å². The molecule has 0 aromatic carbocycles. The van der Waals surface area contributed by atoms with Gasteiger partial charge in [-0.3, -0.25) is 0 Å². The second-order valence-corrected chi connectivity index (χ2v) is 3.38. The second-order valence-electron chi connectivity index (χ2n) is 3.38. The average molecular weight is 156 g/mol. The molecular formula is C9H20N2. The molecule has 1 heterocycles. The molecule has 2 heteroatoms. The number of rotatable bonds is 5. The van der Waals surface area contributed by atoms with Crippen LogP contribution in [0.25, 0.3) is 0 Å². The molecule has 1 aliphatic rings. The van der Waals surface area contributed by atoms with Gasteiger partial charge >= 0.3 is 0 Å². The summed E-state index contributed by atoms with van der Waals surface area (Å²) in [4.78, 5) is 2.55. The van der Waals surface area contributed by atoms with Crippen molar-refractivity contribution in [2.24, 2.45) is 0 Å². The van der Waals surface area contributed by atoms with Crippen molar-refractivity contribution >= 4 is 0 Å². The summed E-state index contributed by atoms with van der Waals surface area (Å²) in [6.45, 7) is 9.37. The molecule has 1 rings (SSSR count). The SMILES string of the molecule is CCNCCCN1CCC1C. The van der Waals surface area contributed by atoms with Crippen molar-refractivity contribution in [3.8, 4) is 0 Å². The van der Waals surface area contributed by atoms with Gasteiger partial charge in [-0.25, -0.2) is 0 Å². The molecule has 2 nitrogen and oxygen atoms in total. The summed E-state index contributed by atoms with van der Waals surface area (Å²) in [5.41, 5.74) is 0. The Kier molecular flexibility index (Phi) is 3.87. The van der Waals surface area contributed by atoms with Crippen LogP contribution in [0.15, 0.2) is 0 Å². The van der Waals surface area contributed by atoms with Gasteiger partial charge in [0.05, 0.1) is 0 Å². The van der Waals surface area contributed by atoms with Gasteiger partial charge in [-0.15, -0.1) is 0 Å². The molecule has 0 aliphatic carbocycles. The van der Waals surface area contributed by atoms with Crippen molar-refractivity contribution in [2.75, 3.05) is 26.2 Å². The maximum atomic E-state index is 3.34. The van der Waals surface area contributed by atoms with Crippen LogP contribution in [0.1, 0.15) is 26.7 Å². The predicted molar refractivity (Wildman–Crippen MR) is 48.8 cm³/mol. The zero-order valence-corrected chi connectivity index (χ0v) is 7.77. The highest BCUT2D eigenvalue weighted by atomic mass is 15.2. The summed E-state index contributed by atoms with van der Waals surface area (Å²) in [7, 11) is 0. The number of nitrogens with zero attached hydrogens (tertiary/aromatic N) is 1. The molecule has 0 saturated carbocycles. The monoisotopic (exact) mass is 156 g/mol.